The first-order valence-corrected chi connectivity index (χ1v) is 7.77. The van der Waals surface area contributed by atoms with E-state index in [0.717, 1.165) is 11.3 Å². The van der Waals surface area contributed by atoms with E-state index in [0.29, 0.717) is 22.3 Å². The van der Waals surface area contributed by atoms with Crippen LogP contribution in [0.3, 0.4) is 0 Å². The van der Waals surface area contributed by atoms with Crippen LogP contribution >= 0.6 is 23.2 Å². The largest absolute Gasteiger partial charge is 0.497 e. The van der Waals surface area contributed by atoms with Gasteiger partial charge in [-0.1, -0.05) is 35.3 Å². The molecule has 122 valence electrons. The van der Waals surface area contributed by atoms with Crippen LogP contribution in [-0.2, 0) is 11.3 Å². The summed E-state index contributed by atoms with van der Waals surface area (Å²) in [5.41, 5.74) is 0.965. The zero-order valence-electron chi connectivity index (χ0n) is 12.8. The predicted molar refractivity (Wildman–Crippen MR) is 91.4 cm³/mol. The molecule has 0 aliphatic heterocycles. The fraction of sp³-hybridized carbons (Fsp3) is 0.235. The van der Waals surface area contributed by atoms with Gasteiger partial charge in [-0.2, -0.15) is 0 Å². The molecule has 2 rings (SSSR count). The second kappa shape index (κ2) is 8.09. The lowest BCUT2D eigenvalue weighted by Gasteiger charge is -2.16. The summed E-state index contributed by atoms with van der Waals surface area (Å²) >= 11 is 11.9. The lowest BCUT2D eigenvalue weighted by atomic mass is 10.2. The van der Waals surface area contributed by atoms with Gasteiger partial charge in [0.1, 0.15) is 11.5 Å². The van der Waals surface area contributed by atoms with Crippen LogP contribution in [0.1, 0.15) is 12.5 Å². The Morgan fingerprint density at radius 1 is 1.17 bits per heavy atom. The van der Waals surface area contributed by atoms with E-state index in [2.05, 4.69) is 5.32 Å². The Morgan fingerprint density at radius 3 is 2.52 bits per heavy atom. The summed E-state index contributed by atoms with van der Waals surface area (Å²) in [4.78, 5) is 12.1. The molecule has 0 saturated carbocycles. The van der Waals surface area contributed by atoms with Crippen molar-refractivity contribution in [1.82, 2.24) is 5.32 Å². The van der Waals surface area contributed by atoms with Gasteiger partial charge in [-0.05, 0) is 36.8 Å². The van der Waals surface area contributed by atoms with Crippen molar-refractivity contribution in [3.8, 4) is 11.5 Å². The van der Waals surface area contributed by atoms with Crippen LogP contribution in [0, 0.1) is 0 Å². The molecule has 0 spiro atoms. The minimum atomic E-state index is -0.691. The average Bonchev–Trinajstić information content (AvgIpc) is 2.56. The highest BCUT2D eigenvalue weighted by molar-refractivity contribution is 6.34. The number of benzene rings is 2. The average molecular weight is 354 g/mol. The van der Waals surface area contributed by atoms with Crippen LogP contribution in [0.15, 0.2) is 42.5 Å². The molecular formula is C17H17Cl2NO3. The van der Waals surface area contributed by atoms with E-state index in [9.17, 15) is 4.79 Å². The number of hydrogen-bond acceptors (Lipinski definition) is 3. The molecule has 4 nitrogen and oxygen atoms in total. The van der Waals surface area contributed by atoms with Gasteiger partial charge in [-0.3, -0.25) is 4.79 Å². The number of carbonyl (C=O) groups excluding carboxylic acids is 1. The minimum absolute atomic E-state index is 0.239. The highest BCUT2D eigenvalue weighted by atomic mass is 35.5. The lowest BCUT2D eigenvalue weighted by molar-refractivity contribution is -0.127. The Labute approximate surface area is 145 Å². The van der Waals surface area contributed by atoms with Gasteiger partial charge in [-0.25, -0.2) is 0 Å². The molecule has 0 aliphatic carbocycles. The molecule has 0 aromatic heterocycles. The molecule has 0 saturated heterocycles. The standard InChI is InChI=1S/C17H17Cl2NO3/c1-11(23-16-9-13(18)5-8-15(16)19)17(21)20-10-12-3-6-14(22-2)7-4-12/h3-9,11H,10H2,1-2H3,(H,20,21). The maximum Gasteiger partial charge on any atom is 0.261 e. The van der Waals surface area contributed by atoms with Gasteiger partial charge in [0.05, 0.1) is 12.1 Å². The van der Waals surface area contributed by atoms with Crippen molar-refractivity contribution < 1.29 is 14.3 Å². The monoisotopic (exact) mass is 353 g/mol. The number of ether oxygens (including phenoxy) is 2. The summed E-state index contributed by atoms with van der Waals surface area (Å²) < 4.78 is 10.7. The molecule has 2 aromatic carbocycles. The first-order valence-electron chi connectivity index (χ1n) is 7.02. The van der Waals surface area contributed by atoms with Crippen LogP contribution in [-0.4, -0.2) is 19.1 Å². The van der Waals surface area contributed by atoms with E-state index in [-0.39, 0.29) is 5.91 Å². The van der Waals surface area contributed by atoms with Crippen molar-refractivity contribution in [1.29, 1.82) is 0 Å². The van der Waals surface area contributed by atoms with E-state index in [1.165, 1.54) is 0 Å². The number of methoxy groups -OCH3 is 1. The van der Waals surface area contributed by atoms with Crippen molar-refractivity contribution in [2.75, 3.05) is 7.11 Å². The molecule has 1 N–H and O–H groups in total. The van der Waals surface area contributed by atoms with Gasteiger partial charge in [0.2, 0.25) is 0 Å². The molecule has 2 aromatic rings. The van der Waals surface area contributed by atoms with Gasteiger partial charge in [0.15, 0.2) is 6.10 Å². The van der Waals surface area contributed by atoms with E-state index in [4.69, 9.17) is 32.7 Å². The molecule has 0 heterocycles. The Morgan fingerprint density at radius 2 is 1.87 bits per heavy atom. The number of carbonyl (C=O) groups is 1. The molecule has 0 fully saturated rings. The number of halogens is 2. The van der Waals surface area contributed by atoms with Crippen molar-refractivity contribution >= 4 is 29.1 Å². The Hall–Kier alpha value is -1.91. The maximum absolute atomic E-state index is 12.1. The second-order valence-corrected chi connectivity index (χ2v) is 5.74. The zero-order valence-corrected chi connectivity index (χ0v) is 14.3. The third-order valence-corrected chi connectivity index (χ3v) is 3.74. The summed E-state index contributed by atoms with van der Waals surface area (Å²) in [6.07, 6.45) is -0.691. The van der Waals surface area contributed by atoms with E-state index in [1.807, 2.05) is 24.3 Å². The SMILES string of the molecule is COc1ccc(CNC(=O)C(C)Oc2cc(Cl)ccc2Cl)cc1. The second-order valence-electron chi connectivity index (χ2n) is 4.90. The van der Waals surface area contributed by atoms with Gasteiger partial charge >= 0.3 is 0 Å². The quantitative estimate of drug-likeness (QED) is 0.850. The molecule has 1 amide bonds. The minimum Gasteiger partial charge on any atom is -0.497 e. The summed E-state index contributed by atoms with van der Waals surface area (Å²) in [7, 11) is 1.61. The molecule has 0 radical (unpaired) electrons. The van der Waals surface area contributed by atoms with Crippen LogP contribution in [0.4, 0.5) is 0 Å². The maximum atomic E-state index is 12.1. The smallest absolute Gasteiger partial charge is 0.261 e. The van der Waals surface area contributed by atoms with E-state index in [1.54, 1.807) is 32.2 Å². The Balaban J connectivity index is 1.90. The highest BCUT2D eigenvalue weighted by Gasteiger charge is 2.16. The molecule has 1 unspecified atom stereocenters. The number of rotatable bonds is 6. The number of hydrogen-bond donors (Lipinski definition) is 1. The predicted octanol–water partition coefficient (Wildman–Crippen LogP) is 4.09. The van der Waals surface area contributed by atoms with Crippen molar-refractivity contribution in [3.63, 3.8) is 0 Å². The van der Waals surface area contributed by atoms with Gasteiger partial charge in [0, 0.05) is 17.6 Å². The first kappa shape index (κ1) is 17.4. The molecule has 6 heteroatoms. The van der Waals surface area contributed by atoms with Gasteiger partial charge < -0.3 is 14.8 Å². The summed E-state index contributed by atoms with van der Waals surface area (Å²) in [6, 6.07) is 12.3. The summed E-state index contributed by atoms with van der Waals surface area (Å²) in [5.74, 6) is 0.913. The Bertz CT molecular complexity index is 674. The highest BCUT2D eigenvalue weighted by Crippen LogP contribution is 2.28. The summed E-state index contributed by atoms with van der Waals surface area (Å²) in [6.45, 7) is 2.06. The molecular weight excluding hydrogens is 337 g/mol. The Kier molecular flexibility index (Phi) is 6.13. The van der Waals surface area contributed by atoms with Crippen molar-refractivity contribution in [2.45, 2.75) is 19.6 Å². The fourth-order valence-electron chi connectivity index (χ4n) is 1.89. The molecule has 0 aliphatic rings. The van der Waals surface area contributed by atoms with Crippen LogP contribution in [0.5, 0.6) is 11.5 Å². The number of amides is 1. The van der Waals surface area contributed by atoms with E-state index >= 15 is 0 Å². The van der Waals surface area contributed by atoms with Gasteiger partial charge in [0.25, 0.3) is 5.91 Å². The normalized spacial score (nSPS) is 11.7. The molecule has 23 heavy (non-hydrogen) atoms. The first-order chi connectivity index (χ1) is 11.0. The lowest BCUT2D eigenvalue weighted by Crippen LogP contribution is -2.35. The van der Waals surface area contributed by atoms with Crippen LogP contribution in [0.25, 0.3) is 0 Å². The van der Waals surface area contributed by atoms with Crippen LogP contribution < -0.4 is 14.8 Å². The van der Waals surface area contributed by atoms with Crippen LogP contribution in [0.2, 0.25) is 10.0 Å². The third-order valence-electron chi connectivity index (χ3n) is 3.19. The molecule has 1 atom stereocenters. The number of nitrogens with one attached hydrogen (secondary N) is 1. The molecule has 0 bridgehead atoms. The van der Waals surface area contributed by atoms with Gasteiger partial charge in [-0.15, -0.1) is 0 Å². The van der Waals surface area contributed by atoms with Crippen molar-refractivity contribution in [3.05, 3.63) is 58.1 Å². The van der Waals surface area contributed by atoms with Crippen molar-refractivity contribution in [2.24, 2.45) is 0 Å². The topological polar surface area (TPSA) is 47.6 Å². The summed E-state index contributed by atoms with van der Waals surface area (Å²) in [5, 5.41) is 3.71. The third kappa shape index (κ3) is 5.05. The van der Waals surface area contributed by atoms with E-state index < -0.39 is 6.10 Å². The zero-order chi connectivity index (χ0) is 16.8. The fourth-order valence-corrected chi connectivity index (χ4v) is 2.21.